The highest BCUT2D eigenvalue weighted by Gasteiger charge is 2.22. The number of likely N-dealkylation sites (N-methyl/N-ethyl adjacent to an activating group) is 1. The van der Waals surface area contributed by atoms with E-state index in [0.717, 1.165) is 4.31 Å². The topological polar surface area (TPSA) is 87.2 Å². The average Bonchev–Trinajstić information content (AvgIpc) is 2.28. The van der Waals surface area contributed by atoms with E-state index in [-0.39, 0.29) is 17.1 Å². The molecule has 0 unspecified atom stereocenters. The van der Waals surface area contributed by atoms with Crippen molar-refractivity contribution in [2.75, 3.05) is 19.3 Å². The monoisotopic (exact) mass is 251 g/mol. The van der Waals surface area contributed by atoms with Gasteiger partial charge >= 0.3 is 0 Å². The number of hydrogen-bond donors (Lipinski definition) is 1. The lowest BCUT2D eigenvalue weighted by molar-refractivity contribution is 0.500. The van der Waals surface area contributed by atoms with Crippen molar-refractivity contribution in [3.05, 3.63) is 36.4 Å². The smallest absolute Gasteiger partial charge is 0.245 e. The van der Waals surface area contributed by atoms with Crippen molar-refractivity contribution in [2.45, 2.75) is 4.90 Å². The minimum Gasteiger partial charge on any atom is -0.398 e. The molecule has 0 saturated heterocycles. The molecule has 1 rings (SSSR count). The summed E-state index contributed by atoms with van der Waals surface area (Å²) >= 11 is 0. The highest BCUT2D eigenvalue weighted by atomic mass is 32.2. The van der Waals surface area contributed by atoms with Gasteiger partial charge in [0.1, 0.15) is 4.90 Å². The first-order valence-corrected chi connectivity index (χ1v) is 6.24. The number of hydrogen-bond acceptors (Lipinski definition) is 4. The third kappa shape index (κ3) is 2.64. The van der Waals surface area contributed by atoms with Crippen LogP contribution in [0.3, 0.4) is 0 Å². The highest BCUT2D eigenvalue weighted by Crippen LogP contribution is 2.22. The fourth-order valence-corrected chi connectivity index (χ4v) is 2.53. The fourth-order valence-electron chi connectivity index (χ4n) is 1.30. The van der Waals surface area contributed by atoms with Crippen molar-refractivity contribution < 1.29 is 8.42 Å². The van der Waals surface area contributed by atoms with Gasteiger partial charge in [0.05, 0.1) is 17.3 Å². The lowest BCUT2D eigenvalue weighted by Gasteiger charge is -2.16. The zero-order chi connectivity index (χ0) is 13.1. The molecule has 0 spiro atoms. The first-order valence-electron chi connectivity index (χ1n) is 4.80. The van der Waals surface area contributed by atoms with Gasteiger partial charge in [-0.25, -0.2) is 8.42 Å². The Morgan fingerprint density at radius 3 is 2.71 bits per heavy atom. The summed E-state index contributed by atoms with van der Waals surface area (Å²) in [7, 11) is -2.19. The maximum Gasteiger partial charge on any atom is 0.245 e. The van der Waals surface area contributed by atoms with Crippen molar-refractivity contribution >= 4 is 15.7 Å². The van der Waals surface area contributed by atoms with Gasteiger partial charge in [0.2, 0.25) is 10.0 Å². The Balaban J connectivity index is 3.26. The van der Waals surface area contributed by atoms with E-state index in [9.17, 15) is 8.42 Å². The summed E-state index contributed by atoms with van der Waals surface area (Å²) in [4.78, 5) is 0.000787. The summed E-state index contributed by atoms with van der Waals surface area (Å²) in [6.07, 6.45) is 1.48. The molecule has 0 amide bonds. The second-order valence-corrected chi connectivity index (χ2v) is 5.45. The molecule has 1 aromatic carbocycles. The Bertz CT molecular complexity index is 573. The zero-order valence-corrected chi connectivity index (χ0v) is 10.2. The number of sulfonamides is 1. The van der Waals surface area contributed by atoms with Crippen LogP contribution in [0.25, 0.3) is 0 Å². The molecule has 17 heavy (non-hydrogen) atoms. The Kier molecular flexibility index (Phi) is 3.89. The quantitative estimate of drug-likeness (QED) is 0.637. The van der Waals surface area contributed by atoms with E-state index in [1.54, 1.807) is 0 Å². The molecule has 0 aromatic heterocycles. The van der Waals surface area contributed by atoms with E-state index < -0.39 is 10.0 Å². The largest absolute Gasteiger partial charge is 0.398 e. The molecular formula is C11H13N3O2S. The van der Waals surface area contributed by atoms with Crippen LogP contribution in [0.15, 0.2) is 35.7 Å². The number of nitrogens with two attached hydrogens (primary N) is 1. The summed E-state index contributed by atoms with van der Waals surface area (Å²) in [5, 5.41) is 8.67. The summed E-state index contributed by atoms with van der Waals surface area (Å²) in [6.45, 7) is 3.67. The second kappa shape index (κ2) is 4.99. The maximum atomic E-state index is 12.1. The first kappa shape index (κ1) is 13.2. The van der Waals surface area contributed by atoms with Gasteiger partial charge in [-0.3, -0.25) is 0 Å². The molecule has 0 aliphatic carbocycles. The van der Waals surface area contributed by atoms with Crippen molar-refractivity contribution in [1.29, 1.82) is 5.26 Å². The third-order valence-corrected chi connectivity index (χ3v) is 4.11. The number of anilines is 1. The van der Waals surface area contributed by atoms with Crippen LogP contribution < -0.4 is 5.73 Å². The number of nitrogen functional groups attached to an aromatic ring is 1. The van der Waals surface area contributed by atoms with E-state index in [0.29, 0.717) is 5.56 Å². The SMILES string of the molecule is C=CCN(C)S(=O)(=O)c1ccc(C#N)cc1N. The Morgan fingerprint density at radius 1 is 1.59 bits per heavy atom. The molecule has 0 aliphatic heterocycles. The molecule has 1 aromatic rings. The number of nitriles is 1. The van der Waals surface area contributed by atoms with Gasteiger partial charge in [-0.1, -0.05) is 6.08 Å². The van der Waals surface area contributed by atoms with Gasteiger partial charge in [0.15, 0.2) is 0 Å². The lowest BCUT2D eigenvalue weighted by atomic mass is 10.2. The van der Waals surface area contributed by atoms with Gasteiger partial charge in [-0.2, -0.15) is 9.57 Å². The fraction of sp³-hybridized carbons (Fsp3) is 0.182. The normalized spacial score (nSPS) is 11.1. The molecule has 0 aliphatic rings. The molecule has 90 valence electrons. The van der Waals surface area contributed by atoms with E-state index in [1.165, 1.54) is 31.3 Å². The van der Waals surface area contributed by atoms with Crippen LogP contribution in [-0.2, 0) is 10.0 Å². The van der Waals surface area contributed by atoms with E-state index >= 15 is 0 Å². The van der Waals surface area contributed by atoms with Crippen molar-refractivity contribution in [3.63, 3.8) is 0 Å². The molecular weight excluding hydrogens is 238 g/mol. The van der Waals surface area contributed by atoms with Gasteiger partial charge in [-0.05, 0) is 18.2 Å². The predicted molar refractivity (Wildman–Crippen MR) is 65.6 cm³/mol. The van der Waals surface area contributed by atoms with Crippen molar-refractivity contribution in [2.24, 2.45) is 0 Å². The Hall–Kier alpha value is -1.84. The molecule has 2 N–H and O–H groups in total. The molecule has 0 fully saturated rings. The molecule has 6 heteroatoms. The summed E-state index contributed by atoms with van der Waals surface area (Å²) < 4.78 is 25.3. The molecule has 0 atom stereocenters. The summed E-state index contributed by atoms with van der Waals surface area (Å²) in [6, 6.07) is 6.00. The molecule has 0 heterocycles. The van der Waals surface area contributed by atoms with Crippen molar-refractivity contribution in [3.8, 4) is 6.07 Å². The van der Waals surface area contributed by atoms with Crippen LogP contribution in [-0.4, -0.2) is 26.3 Å². The van der Waals surface area contributed by atoms with Crippen LogP contribution >= 0.6 is 0 Å². The number of benzene rings is 1. The molecule has 5 nitrogen and oxygen atoms in total. The maximum absolute atomic E-state index is 12.1. The van der Waals surface area contributed by atoms with Crippen LogP contribution in [0.2, 0.25) is 0 Å². The number of rotatable bonds is 4. The molecule has 0 radical (unpaired) electrons. The second-order valence-electron chi connectivity index (χ2n) is 3.44. The van der Waals surface area contributed by atoms with Crippen LogP contribution in [0.1, 0.15) is 5.56 Å². The number of nitrogens with zero attached hydrogens (tertiary/aromatic N) is 2. The van der Waals surface area contributed by atoms with E-state index in [1.807, 2.05) is 6.07 Å². The highest BCUT2D eigenvalue weighted by molar-refractivity contribution is 7.89. The lowest BCUT2D eigenvalue weighted by Crippen LogP contribution is -2.27. The van der Waals surface area contributed by atoms with Crippen molar-refractivity contribution in [1.82, 2.24) is 4.31 Å². The van der Waals surface area contributed by atoms with Crippen LogP contribution in [0.5, 0.6) is 0 Å². The Labute approximate surface area is 101 Å². The van der Waals surface area contributed by atoms with Gasteiger partial charge in [0, 0.05) is 13.6 Å². The third-order valence-electron chi connectivity index (χ3n) is 2.21. The predicted octanol–water partition coefficient (Wildman–Crippen LogP) is 0.947. The van der Waals surface area contributed by atoms with E-state index in [2.05, 4.69) is 6.58 Å². The summed E-state index contributed by atoms with van der Waals surface area (Å²) in [5.74, 6) is 0. The summed E-state index contributed by atoms with van der Waals surface area (Å²) in [5.41, 5.74) is 6.03. The Morgan fingerprint density at radius 2 is 2.24 bits per heavy atom. The van der Waals surface area contributed by atoms with Gasteiger partial charge in [-0.15, -0.1) is 6.58 Å². The van der Waals surface area contributed by atoms with E-state index in [4.69, 9.17) is 11.0 Å². The zero-order valence-electron chi connectivity index (χ0n) is 9.42. The van der Waals surface area contributed by atoms with Crippen LogP contribution in [0.4, 0.5) is 5.69 Å². The van der Waals surface area contributed by atoms with Crippen LogP contribution in [0, 0.1) is 11.3 Å². The molecule has 0 saturated carbocycles. The molecule has 0 bridgehead atoms. The average molecular weight is 251 g/mol. The first-order chi connectivity index (χ1) is 7.93. The minimum atomic E-state index is -3.63. The minimum absolute atomic E-state index is 0.000787. The van der Waals surface area contributed by atoms with Gasteiger partial charge < -0.3 is 5.73 Å². The van der Waals surface area contributed by atoms with Gasteiger partial charge in [0.25, 0.3) is 0 Å². The standard InChI is InChI=1S/C11H13N3O2S/c1-3-6-14(2)17(15,16)11-5-4-9(8-12)7-10(11)13/h3-5,7H,1,6,13H2,2H3.